The van der Waals surface area contributed by atoms with E-state index >= 15 is 0 Å². The highest BCUT2D eigenvalue weighted by molar-refractivity contribution is 7.10. The summed E-state index contributed by atoms with van der Waals surface area (Å²) in [6.07, 6.45) is 0.747. The standard InChI is InChI=1S/C17H22N2O4S/c1-8-5-12(13(17(22)23)6-9(8)2)15(20)18-19-16(21)14-7-24-11(4)10(14)3/h7,12-13H,5-6H2,1-4H3,(H,18,20)(H,19,21)(H,22,23)/t12-,13+/m1/s1. The molecular formula is C17H22N2O4S. The molecule has 1 aromatic rings. The van der Waals surface area contributed by atoms with Crippen LogP contribution in [-0.4, -0.2) is 22.9 Å². The van der Waals surface area contributed by atoms with Crippen molar-refractivity contribution in [1.29, 1.82) is 0 Å². The average Bonchev–Trinajstić information content (AvgIpc) is 2.86. The highest BCUT2D eigenvalue weighted by Gasteiger charge is 2.37. The molecule has 130 valence electrons. The van der Waals surface area contributed by atoms with E-state index in [4.69, 9.17) is 0 Å². The molecule has 1 aliphatic carbocycles. The molecule has 0 unspecified atom stereocenters. The van der Waals surface area contributed by atoms with Crippen LogP contribution in [0, 0.1) is 25.7 Å². The largest absolute Gasteiger partial charge is 0.481 e. The van der Waals surface area contributed by atoms with Crippen LogP contribution >= 0.6 is 11.3 Å². The molecule has 1 aromatic heterocycles. The van der Waals surface area contributed by atoms with Crippen LogP contribution in [-0.2, 0) is 9.59 Å². The van der Waals surface area contributed by atoms with Gasteiger partial charge in [-0.3, -0.25) is 25.2 Å². The predicted octanol–water partition coefficient (Wildman–Crippen LogP) is 2.57. The summed E-state index contributed by atoms with van der Waals surface area (Å²) < 4.78 is 0. The van der Waals surface area contributed by atoms with Gasteiger partial charge in [-0.2, -0.15) is 0 Å². The smallest absolute Gasteiger partial charge is 0.307 e. The van der Waals surface area contributed by atoms with Crippen molar-refractivity contribution in [2.45, 2.75) is 40.5 Å². The molecule has 0 aromatic carbocycles. The fourth-order valence-electron chi connectivity index (χ4n) is 2.84. The van der Waals surface area contributed by atoms with Crippen molar-refractivity contribution in [2.75, 3.05) is 0 Å². The van der Waals surface area contributed by atoms with Gasteiger partial charge in [-0.05, 0) is 46.1 Å². The first-order valence-electron chi connectivity index (χ1n) is 7.75. The Bertz CT molecular complexity index is 720. The van der Waals surface area contributed by atoms with Gasteiger partial charge in [0.25, 0.3) is 5.91 Å². The number of hydrazine groups is 1. The zero-order valence-electron chi connectivity index (χ0n) is 14.2. The molecule has 0 saturated heterocycles. The molecule has 0 bridgehead atoms. The first-order chi connectivity index (χ1) is 11.2. The van der Waals surface area contributed by atoms with Crippen LogP contribution in [0.5, 0.6) is 0 Å². The average molecular weight is 350 g/mol. The van der Waals surface area contributed by atoms with E-state index in [-0.39, 0.29) is 0 Å². The van der Waals surface area contributed by atoms with Gasteiger partial charge < -0.3 is 5.11 Å². The topological polar surface area (TPSA) is 95.5 Å². The molecule has 6 nitrogen and oxygen atoms in total. The minimum absolute atomic E-state index is 0.357. The third-order valence-electron chi connectivity index (χ3n) is 4.75. The quantitative estimate of drug-likeness (QED) is 0.577. The van der Waals surface area contributed by atoms with Gasteiger partial charge in [0.15, 0.2) is 0 Å². The SMILES string of the molecule is CC1=C(C)C[C@@H](C(=O)NNC(=O)c2csc(C)c2C)[C@@H](C(=O)O)C1. The van der Waals surface area contributed by atoms with Crippen LogP contribution < -0.4 is 10.9 Å². The minimum Gasteiger partial charge on any atom is -0.481 e. The van der Waals surface area contributed by atoms with Gasteiger partial charge in [0.05, 0.1) is 17.4 Å². The molecule has 2 amide bonds. The molecule has 2 atom stereocenters. The maximum absolute atomic E-state index is 12.4. The van der Waals surface area contributed by atoms with E-state index in [2.05, 4.69) is 10.9 Å². The van der Waals surface area contributed by atoms with Gasteiger partial charge in [-0.25, -0.2) is 0 Å². The second-order valence-corrected chi connectivity index (χ2v) is 7.38. The molecule has 0 spiro atoms. The Labute approximate surface area is 144 Å². The number of aryl methyl sites for hydroxylation is 1. The second kappa shape index (κ2) is 7.17. The molecule has 0 radical (unpaired) electrons. The third kappa shape index (κ3) is 3.67. The van der Waals surface area contributed by atoms with Crippen LogP contribution in [0.1, 0.15) is 47.5 Å². The highest BCUT2D eigenvalue weighted by atomic mass is 32.1. The zero-order valence-corrected chi connectivity index (χ0v) is 15.0. The molecule has 24 heavy (non-hydrogen) atoms. The Kier molecular flexibility index (Phi) is 5.43. The molecule has 0 aliphatic heterocycles. The molecule has 1 heterocycles. The van der Waals surface area contributed by atoms with E-state index < -0.39 is 29.6 Å². The summed E-state index contributed by atoms with van der Waals surface area (Å²) in [5.41, 5.74) is 8.22. The van der Waals surface area contributed by atoms with Crippen molar-refractivity contribution in [3.05, 3.63) is 32.5 Å². The summed E-state index contributed by atoms with van der Waals surface area (Å²) in [6.45, 7) is 7.57. The van der Waals surface area contributed by atoms with Crippen molar-refractivity contribution in [3.63, 3.8) is 0 Å². The zero-order chi connectivity index (χ0) is 18.0. The Hall–Kier alpha value is -2.15. The van der Waals surface area contributed by atoms with Crippen molar-refractivity contribution in [2.24, 2.45) is 11.8 Å². The maximum Gasteiger partial charge on any atom is 0.307 e. The highest BCUT2D eigenvalue weighted by Crippen LogP contribution is 2.34. The Morgan fingerprint density at radius 1 is 1.04 bits per heavy atom. The molecule has 3 N–H and O–H groups in total. The lowest BCUT2D eigenvalue weighted by Crippen LogP contribution is -2.48. The summed E-state index contributed by atoms with van der Waals surface area (Å²) >= 11 is 1.47. The summed E-state index contributed by atoms with van der Waals surface area (Å²) in [4.78, 5) is 37.0. The number of carboxylic acids is 1. The fourth-order valence-corrected chi connectivity index (χ4v) is 3.71. The number of aliphatic carboxylic acids is 1. The number of carboxylic acid groups (broad SMARTS) is 1. The van der Waals surface area contributed by atoms with Crippen LogP contribution in [0.15, 0.2) is 16.5 Å². The number of nitrogens with one attached hydrogen (secondary N) is 2. The number of amides is 2. The van der Waals surface area contributed by atoms with Crippen LogP contribution in [0.25, 0.3) is 0 Å². The monoisotopic (exact) mass is 350 g/mol. The number of hydrogen-bond acceptors (Lipinski definition) is 4. The molecule has 7 heteroatoms. The van der Waals surface area contributed by atoms with E-state index in [1.165, 1.54) is 11.3 Å². The number of hydrogen-bond donors (Lipinski definition) is 3. The van der Waals surface area contributed by atoms with Gasteiger partial charge >= 0.3 is 5.97 Å². The summed E-state index contributed by atoms with van der Waals surface area (Å²) in [5, 5.41) is 11.1. The van der Waals surface area contributed by atoms with E-state index in [1.54, 1.807) is 5.38 Å². The van der Waals surface area contributed by atoms with Crippen molar-refractivity contribution < 1.29 is 19.5 Å². The van der Waals surface area contributed by atoms with Gasteiger partial charge in [-0.15, -0.1) is 11.3 Å². The van der Waals surface area contributed by atoms with Gasteiger partial charge in [0.1, 0.15) is 0 Å². The number of allylic oxidation sites excluding steroid dienone is 2. The molecule has 1 aliphatic rings. The minimum atomic E-state index is -0.988. The lowest BCUT2D eigenvalue weighted by atomic mass is 9.76. The van der Waals surface area contributed by atoms with Crippen molar-refractivity contribution in [3.8, 4) is 0 Å². The van der Waals surface area contributed by atoms with Gasteiger partial charge in [0.2, 0.25) is 5.91 Å². The number of thiophene rings is 1. The van der Waals surface area contributed by atoms with Gasteiger partial charge in [0, 0.05) is 10.3 Å². The van der Waals surface area contributed by atoms with Crippen LogP contribution in [0.4, 0.5) is 0 Å². The molecule has 2 rings (SSSR count). The van der Waals surface area contributed by atoms with E-state index in [9.17, 15) is 19.5 Å². The third-order valence-corrected chi connectivity index (χ3v) is 5.76. The van der Waals surface area contributed by atoms with Crippen LogP contribution in [0.2, 0.25) is 0 Å². The fraction of sp³-hybridized carbons (Fsp3) is 0.471. The number of rotatable bonds is 3. The summed E-state index contributed by atoms with van der Waals surface area (Å²) in [7, 11) is 0. The first kappa shape index (κ1) is 18.2. The van der Waals surface area contributed by atoms with Crippen LogP contribution in [0.3, 0.4) is 0 Å². The number of carbonyl (C=O) groups excluding carboxylic acids is 2. The molecular weight excluding hydrogens is 328 g/mol. The first-order valence-corrected chi connectivity index (χ1v) is 8.63. The van der Waals surface area contributed by atoms with E-state index in [0.717, 1.165) is 21.6 Å². The molecule has 0 saturated carbocycles. The lowest BCUT2D eigenvalue weighted by Gasteiger charge is -2.29. The van der Waals surface area contributed by atoms with E-state index in [1.807, 2.05) is 27.7 Å². The predicted molar refractivity (Wildman–Crippen MR) is 91.6 cm³/mol. The van der Waals surface area contributed by atoms with Gasteiger partial charge in [-0.1, -0.05) is 11.1 Å². The Morgan fingerprint density at radius 2 is 1.62 bits per heavy atom. The lowest BCUT2D eigenvalue weighted by molar-refractivity contribution is -0.147. The number of carbonyl (C=O) groups is 3. The summed E-state index contributed by atoms with van der Waals surface area (Å²) in [6, 6.07) is 0. The maximum atomic E-state index is 12.4. The summed E-state index contributed by atoms with van der Waals surface area (Å²) in [5.74, 6) is -3.30. The Balaban J connectivity index is 2.04. The van der Waals surface area contributed by atoms with Crippen molar-refractivity contribution >= 4 is 29.1 Å². The van der Waals surface area contributed by atoms with Crippen molar-refractivity contribution in [1.82, 2.24) is 10.9 Å². The Morgan fingerprint density at radius 3 is 2.12 bits per heavy atom. The molecule has 0 fully saturated rings. The normalized spacial score (nSPS) is 20.7. The van der Waals surface area contributed by atoms with E-state index in [0.29, 0.717) is 18.4 Å². The second-order valence-electron chi connectivity index (χ2n) is 6.29.